The zero-order valence-electron chi connectivity index (χ0n) is 12.5. The van der Waals surface area contributed by atoms with E-state index in [0.717, 1.165) is 0 Å². The fraction of sp³-hybridized carbons (Fsp3) is 0.133. The van der Waals surface area contributed by atoms with E-state index in [1.54, 1.807) is 31.2 Å². The van der Waals surface area contributed by atoms with E-state index in [9.17, 15) is 14.9 Å². The number of ether oxygens (including phenoxy) is 1. The van der Waals surface area contributed by atoms with Crippen LogP contribution in [0.3, 0.4) is 0 Å². The molecule has 0 aliphatic heterocycles. The molecular weight excluding hydrogens is 357 g/mol. The maximum atomic E-state index is 11.9. The first kappa shape index (κ1) is 17.8. The molecule has 0 aliphatic rings. The second-order valence-electron chi connectivity index (χ2n) is 4.73. The third-order valence-electron chi connectivity index (χ3n) is 2.87. The summed E-state index contributed by atoms with van der Waals surface area (Å²) in [5.41, 5.74) is -0.0535. The van der Waals surface area contributed by atoms with E-state index < -0.39 is 17.2 Å². The average Bonchev–Trinajstić information content (AvgIpc) is 2.51. The van der Waals surface area contributed by atoms with Gasteiger partial charge in [-0.2, -0.15) is 0 Å². The van der Waals surface area contributed by atoms with Gasteiger partial charge in [-0.3, -0.25) is 10.1 Å². The van der Waals surface area contributed by atoms with Gasteiger partial charge < -0.3 is 15.4 Å². The zero-order valence-corrected chi connectivity index (χ0v) is 14.0. The molecule has 2 rings (SSSR count). The van der Waals surface area contributed by atoms with E-state index in [4.69, 9.17) is 27.9 Å². The van der Waals surface area contributed by atoms with Gasteiger partial charge in [0.2, 0.25) is 0 Å². The Balaban J connectivity index is 1.96. The van der Waals surface area contributed by atoms with Gasteiger partial charge in [0.25, 0.3) is 5.69 Å². The van der Waals surface area contributed by atoms with Crippen LogP contribution in [0.15, 0.2) is 42.5 Å². The number of nitro benzene ring substituents is 1. The summed E-state index contributed by atoms with van der Waals surface area (Å²) in [5, 5.41) is 16.5. The van der Waals surface area contributed by atoms with Gasteiger partial charge in [0.05, 0.1) is 15.6 Å². The van der Waals surface area contributed by atoms with Crippen molar-refractivity contribution in [3.05, 3.63) is 62.6 Å². The highest BCUT2D eigenvalue weighted by Crippen LogP contribution is 2.26. The minimum Gasteiger partial charge on any atom is -0.471 e. The number of hydrogen-bond acceptors (Lipinski definition) is 4. The fourth-order valence-electron chi connectivity index (χ4n) is 1.81. The van der Waals surface area contributed by atoms with Crippen molar-refractivity contribution in [2.24, 2.45) is 0 Å². The summed E-state index contributed by atoms with van der Waals surface area (Å²) >= 11 is 11.7. The number of hydrogen-bond donors (Lipinski definition) is 2. The predicted molar refractivity (Wildman–Crippen MR) is 91.8 cm³/mol. The number of urea groups is 1. The van der Waals surface area contributed by atoms with Gasteiger partial charge in [0.15, 0.2) is 6.23 Å². The molecule has 0 spiro atoms. The third kappa shape index (κ3) is 5.00. The lowest BCUT2D eigenvalue weighted by Crippen LogP contribution is -2.39. The van der Waals surface area contributed by atoms with Gasteiger partial charge in [0.1, 0.15) is 5.75 Å². The Bertz CT molecular complexity index is 753. The number of carbonyl (C=O) groups is 1. The summed E-state index contributed by atoms with van der Waals surface area (Å²) in [5.74, 6) is 0.528. The Hall–Kier alpha value is -2.51. The van der Waals surface area contributed by atoms with Crippen LogP contribution in [0.2, 0.25) is 10.0 Å². The highest BCUT2D eigenvalue weighted by Gasteiger charge is 2.14. The average molecular weight is 370 g/mol. The van der Waals surface area contributed by atoms with Crippen molar-refractivity contribution in [1.29, 1.82) is 0 Å². The van der Waals surface area contributed by atoms with Crippen molar-refractivity contribution in [3.63, 3.8) is 0 Å². The summed E-state index contributed by atoms with van der Waals surface area (Å²) in [4.78, 5) is 22.1. The number of benzene rings is 2. The number of nitrogens with one attached hydrogen (secondary N) is 2. The Kier molecular flexibility index (Phi) is 5.83. The molecular formula is C15H13Cl2N3O4. The van der Waals surface area contributed by atoms with Crippen molar-refractivity contribution in [3.8, 4) is 5.75 Å². The Morgan fingerprint density at radius 1 is 1.21 bits per heavy atom. The first-order valence-electron chi connectivity index (χ1n) is 6.79. The van der Waals surface area contributed by atoms with Crippen LogP contribution in [-0.2, 0) is 0 Å². The van der Waals surface area contributed by atoms with E-state index in [-0.39, 0.29) is 16.4 Å². The Labute approximate surface area is 147 Å². The van der Waals surface area contributed by atoms with Crippen molar-refractivity contribution >= 4 is 40.6 Å². The van der Waals surface area contributed by atoms with Crippen molar-refractivity contribution in [2.75, 3.05) is 5.32 Å². The molecule has 9 heteroatoms. The van der Waals surface area contributed by atoms with Crippen LogP contribution >= 0.6 is 23.2 Å². The van der Waals surface area contributed by atoms with Crippen LogP contribution in [0.5, 0.6) is 5.75 Å². The van der Waals surface area contributed by atoms with Gasteiger partial charge in [-0.15, -0.1) is 0 Å². The van der Waals surface area contributed by atoms with Gasteiger partial charge in [-0.1, -0.05) is 23.2 Å². The fourth-order valence-corrected chi connectivity index (χ4v) is 2.10. The third-order valence-corrected chi connectivity index (χ3v) is 3.45. The highest BCUT2D eigenvalue weighted by atomic mass is 35.5. The molecule has 7 nitrogen and oxygen atoms in total. The second kappa shape index (κ2) is 7.85. The lowest BCUT2D eigenvalue weighted by molar-refractivity contribution is -0.384. The van der Waals surface area contributed by atoms with Gasteiger partial charge in [-0.25, -0.2) is 4.79 Å². The Morgan fingerprint density at radius 2 is 1.88 bits per heavy atom. The monoisotopic (exact) mass is 369 g/mol. The van der Waals surface area contributed by atoms with E-state index in [0.29, 0.717) is 10.8 Å². The molecule has 0 fully saturated rings. The molecule has 1 atom stereocenters. The molecule has 0 saturated carbocycles. The van der Waals surface area contributed by atoms with E-state index >= 15 is 0 Å². The number of nitro groups is 1. The number of rotatable bonds is 5. The molecule has 126 valence electrons. The van der Waals surface area contributed by atoms with Crippen LogP contribution in [0, 0.1) is 10.1 Å². The minimum atomic E-state index is -0.649. The Morgan fingerprint density at radius 3 is 2.50 bits per heavy atom. The van der Waals surface area contributed by atoms with Gasteiger partial charge >= 0.3 is 6.03 Å². The molecule has 2 N–H and O–H groups in total. The molecule has 1 unspecified atom stereocenters. The van der Waals surface area contributed by atoms with Crippen molar-refractivity contribution in [2.45, 2.75) is 13.2 Å². The summed E-state index contributed by atoms with van der Waals surface area (Å²) in [7, 11) is 0. The summed E-state index contributed by atoms with van der Waals surface area (Å²) in [6.45, 7) is 1.63. The highest BCUT2D eigenvalue weighted by molar-refractivity contribution is 6.33. The zero-order chi connectivity index (χ0) is 17.7. The number of nitrogens with zero attached hydrogens (tertiary/aromatic N) is 1. The lowest BCUT2D eigenvalue weighted by Gasteiger charge is -2.17. The van der Waals surface area contributed by atoms with Crippen molar-refractivity contribution in [1.82, 2.24) is 5.32 Å². The first-order valence-corrected chi connectivity index (χ1v) is 7.54. The smallest absolute Gasteiger partial charge is 0.322 e. The van der Waals surface area contributed by atoms with E-state index in [2.05, 4.69) is 10.6 Å². The quantitative estimate of drug-likeness (QED) is 0.462. The van der Waals surface area contributed by atoms with Crippen LogP contribution in [0.1, 0.15) is 6.92 Å². The predicted octanol–water partition coefficient (Wildman–Crippen LogP) is 4.45. The van der Waals surface area contributed by atoms with E-state index in [1.165, 1.54) is 18.2 Å². The van der Waals surface area contributed by atoms with Crippen LogP contribution in [0.25, 0.3) is 0 Å². The molecule has 0 aromatic heterocycles. The van der Waals surface area contributed by atoms with E-state index in [1.807, 2.05) is 0 Å². The second-order valence-corrected chi connectivity index (χ2v) is 5.58. The SMILES string of the molecule is CC(NC(=O)Nc1cc([N+](=O)[O-])ccc1Cl)Oc1ccc(Cl)cc1. The van der Waals surface area contributed by atoms with Gasteiger partial charge in [-0.05, 0) is 37.3 Å². The molecule has 0 radical (unpaired) electrons. The summed E-state index contributed by atoms with van der Waals surface area (Å²) in [6.07, 6.45) is -0.649. The molecule has 24 heavy (non-hydrogen) atoms. The van der Waals surface area contributed by atoms with Crippen LogP contribution < -0.4 is 15.4 Å². The van der Waals surface area contributed by atoms with Gasteiger partial charge in [0, 0.05) is 17.2 Å². The maximum absolute atomic E-state index is 11.9. The molecule has 2 aromatic carbocycles. The normalized spacial score (nSPS) is 11.5. The number of carbonyl (C=O) groups excluding carboxylic acids is 1. The van der Waals surface area contributed by atoms with Crippen LogP contribution in [0.4, 0.5) is 16.2 Å². The summed E-state index contributed by atoms with van der Waals surface area (Å²) in [6, 6.07) is 9.79. The molecule has 2 amide bonds. The topological polar surface area (TPSA) is 93.5 Å². The number of halogens is 2. The molecule has 0 heterocycles. The first-order chi connectivity index (χ1) is 11.3. The number of amides is 2. The molecule has 0 bridgehead atoms. The lowest BCUT2D eigenvalue weighted by atomic mass is 10.3. The maximum Gasteiger partial charge on any atom is 0.322 e. The van der Waals surface area contributed by atoms with Crippen molar-refractivity contribution < 1.29 is 14.5 Å². The molecule has 2 aromatic rings. The van der Waals surface area contributed by atoms with Crippen LogP contribution in [-0.4, -0.2) is 17.2 Å². The largest absolute Gasteiger partial charge is 0.471 e. The number of non-ortho nitro benzene ring substituents is 1. The minimum absolute atomic E-state index is 0.127. The summed E-state index contributed by atoms with van der Waals surface area (Å²) < 4.78 is 5.50. The molecule has 0 saturated heterocycles. The standard InChI is InChI=1S/C15H13Cl2N3O4/c1-9(24-12-5-2-10(16)3-6-12)18-15(21)19-14-8-11(20(22)23)4-7-13(14)17/h2-9H,1H3,(H2,18,19,21). The number of anilines is 1. The molecule has 0 aliphatic carbocycles.